The molecule has 0 fully saturated rings. The summed E-state index contributed by atoms with van der Waals surface area (Å²) in [6.07, 6.45) is 0.956. The van der Waals surface area contributed by atoms with Crippen LogP contribution in [0.3, 0.4) is 0 Å². The van der Waals surface area contributed by atoms with E-state index in [1.807, 2.05) is 25.1 Å². The molecule has 0 spiro atoms. The first-order chi connectivity index (χ1) is 10.1. The molecule has 0 aliphatic rings. The molecule has 2 aromatic rings. The fourth-order valence-electron chi connectivity index (χ4n) is 1.83. The molecule has 2 rings (SSSR count). The van der Waals surface area contributed by atoms with Gasteiger partial charge < -0.3 is 10.1 Å². The summed E-state index contributed by atoms with van der Waals surface area (Å²) in [5.74, 6) is 0.740. The minimum atomic E-state index is -0.145. The molecule has 1 aromatic heterocycles. The minimum Gasteiger partial charge on any atom is -0.483 e. The molecule has 0 saturated heterocycles. The fourth-order valence-corrected chi connectivity index (χ4v) is 2.86. The predicted molar refractivity (Wildman–Crippen MR) is 87.1 cm³/mol. The second-order valence-electron chi connectivity index (χ2n) is 4.87. The lowest BCUT2D eigenvalue weighted by atomic mass is 10.3. The molecular formula is C15H20ClN3OS. The van der Waals surface area contributed by atoms with Crippen LogP contribution in [0, 0.1) is 0 Å². The summed E-state index contributed by atoms with van der Waals surface area (Å²) in [6, 6.07) is 7.59. The van der Waals surface area contributed by atoms with Crippen LogP contribution in [0.1, 0.15) is 49.4 Å². The van der Waals surface area contributed by atoms with E-state index in [9.17, 15) is 0 Å². The van der Waals surface area contributed by atoms with Crippen molar-refractivity contribution in [3.63, 3.8) is 0 Å². The summed E-state index contributed by atoms with van der Waals surface area (Å²) in [5, 5.41) is 14.4. The Kier molecular flexibility index (Phi) is 5.96. The molecule has 0 aliphatic carbocycles. The Labute approximate surface area is 134 Å². The van der Waals surface area contributed by atoms with E-state index < -0.39 is 0 Å². The molecule has 6 heteroatoms. The monoisotopic (exact) mass is 325 g/mol. The molecule has 4 nitrogen and oxygen atoms in total. The average Bonchev–Trinajstić information content (AvgIpc) is 2.94. The average molecular weight is 326 g/mol. The van der Waals surface area contributed by atoms with Gasteiger partial charge in [-0.2, -0.15) is 0 Å². The van der Waals surface area contributed by atoms with Gasteiger partial charge in [0.05, 0.1) is 6.04 Å². The largest absolute Gasteiger partial charge is 0.483 e. The third-order valence-electron chi connectivity index (χ3n) is 2.98. The van der Waals surface area contributed by atoms with Gasteiger partial charge in [0.2, 0.25) is 0 Å². The Hall–Kier alpha value is -1.17. The smallest absolute Gasteiger partial charge is 0.158 e. The number of benzene rings is 1. The van der Waals surface area contributed by atoms with E-state index in [1.165, 1.54) is 0 Å². The van der Waals surface area contributed by atoms with Crippen LogP contribution in [0.4, 0.5) is 0 Å². The zero-order valence-electron chi connectivity index (χ0n) is 12.5. The van der Waals surface area contributed by atoms with Crippen LogP contribution in [-0.4, -0.2) is 16.7 Å². The maximum Gasteiger partial charge on any atom is 0.158 e. The summed E-state index contributed by atoms with van der Waals surface area (Å²) < 4.78 is 5.86. The van der Waals surface area contributed by atoms with Gasteiger partial charge in [-0.1, -0.05) is 35.9 Å². The van der Waals surface area contributed by atoms with E-state index in [4.69, 9.17) is 16.3 Å². The van der Waals surface area contributed by atoms with E-state index in [0.29, 0.717) is 5.02 Å². The van der Waals surface area contributed by atoms with Gasteiger partial charge >= 0.3 is 0 Å². The number of nitrogens with one attached hydrogen (secondary N) is 1. The quantitative estimate of drug-likeness (QED) is 0.820. The fraction of sp³-hybridized carbons (Fsp3) is 0.467. The van der Waals surface area contributed by atoms with Crippen molar-refractivity contribution in [1.29, 1.82) is 0 Å². The van der Waals surface area contributed by atoms with Gasteiger partial charge in [0, 0.05) is 5.02 Å². The zero-order valence-corrected chi connectivity index (χ0v) is 14.0. The molecule has 2 atom stereocenters. The van der Waals surface area contributed by atoms with Crippen LogP contribution in [-0.2, 0) is 0 Å². The second kappa shape index (κ2) is 7.73. The van der Waals surface area contributed by atoms with Gasteiger partial charge in [0.15, 0.2) is 5.01 Å². The van der Waals surface area contributed by atoms with Crippen LogP contribution in [0.5, 0.6) is 5.75 Å². The standard InChI is InChI=1S/C15H20ClN3OS/c1-4-8-17-10(2)14-18-19-15(21-14)11(3)20-13-7-5-6-12(16)9-13/h5-7,9-11,17H,4,8H2,1-3H3. The van der Waals surface area contributed by atoms with Crippen molar-refractivity contribution in [2.75, 3.05) is 6.54 Å². The van der Waals surface area contributed by atoms with Crippen LogP contribution in [0.15, 0.2) is 24.3 Å². The van der Waals surface area contributed by atoms with Crippen LogP contribution in [0.2, 0.25) is 5.02 Å². The number of aromatic nitrogens is 2. The number of halogens is 1. The Balaban J connectivity index is 2.00. The summed E-state index contributed by atoms with van der Waals surface area (Å²) in [5.41, 5.74) is 0. The predicted octanol–water partition coefficient (Wildman–Crippen LogP) is 4.39. The Morgan fingerprint density at radius 2 is 2.05 bits per heavy atom. The maximum absolute atomic E-state index is 5.95. The normalized spacial score (nSPS) is 13.9. The molecule has 0 aliphatic heterocycles. The van der Waals surface area contributed by atoms with Crippen molar-refractivity contribution >= 4 is 22.9 Å². The molecule has 0 saturated carbocycles. The molecular weight excluding hydrogens is 306 g/mol. The highest BCUT2D eigenvalue weighted by Crippen LogP contribution is 2.27. The number of nitrogens with zero attached hydrogens (tertiary/aromatic N) is 2. The lowest BCUT2D eigenvalue weighted by molar-refractivity contribution is 0.225. The molecule has 114 valence electrons. The van der Waals surface area contributed by atoms with E-state index in [1.54, 1.807) is 17.4 Å². The van der Waals surface area contributed by atoms with Crippen LogP contribution in [0.25, 0.3) is 0 Å². The number of rotatable bonds is 7. The Morgan fingerprint density at radius 3 is 2.76 bits per heavy atom. The molecule has 1 aromatic carbocycles. The van der Waals surface area contributed by atoms with Crippen molar-refractivity contribution in [2.24, 2.45) is 0 Å². The van der Waals surface area contributed by atoms with Crippen molar-refractivity contribution in [2.45, 2.75) is 39.3 Å². The van der Waals surface area contributed by atoms with Crippen LogP contribution >= 0.6 is 22.9 Å². The summed E-state index contributed by atoms with van der Waals surface area (Å²) in [7, 11) is 0. The van der Waals surface area contributed by atoms with Crippen molar-refractivity contribution in [1.82, 2.24) is 15.5 Å². The van der Waals surface area contributed by atoms with E-state index in [0.717, 1.165) is 28.7 Å². The van der Waals surface area contributed by atoms with Gasteiger partial charge in [-0.3, -0.25) is 0 Å². The first-order valence-corrected chi connectivity index (χ1v) is 8.28. The third-order valence-corrected chi connectivity index (χ3v) is 4.49. The van der Waals surface area contributed by atoms with Crippen molar-refractivity contribution < 1.29 is 4.74 Å². The summed E-state index contributed by atoms with van der Waals surface area (Å²) in [4.78, 5) is 0. The Morgan fingerprint density at radius 1 is 1.29 bits per heavy atom. The first-order valence-electron chi connectivity index (χ1n) is 7.09. The van der Waals surface area contributed by atoms with E-state index >= 15 is 0 Å². The number of hydrogen-bond acceptors (Lipinski definition) is 5. The van der Waals surface area contributed by atoms with Crippen LogP contribution < -0.4 is 10.1 Å². The maximum atomic E-state index is 5.95. The van der Waals surface area contributed by atoms with E-state index in [2.05, 4.69) is 29.4 Å². The molecule has 0 radical (unpaired) electrons. The first kappa shape index (κ1) is 16.2. The van der Waals surface area contributed by atoms with Crippen molar-refractivity contribution in [3.05, 3.63) is 39.3 Å². The summed E-state index contributed by atoms with van der Waals surface area (Å²) >= 11 is 7.54. The van der Waals surface area contributed by atoms with Gasteiger partial charge in [-0.25, -0.2) is 0 Å². The highest BCUT2D eigenvalue weighted by atomic mass is 35.5. The zero-order chi connectivity index (χ0) is 15.2. The number of hydrogen-bond donors (Lipinski definition) is 1. The lowest BCUT2D eigenvalue weighted by Crippen LogP contribution is -2.19. The molecule has 0 amide bonds. The van der Waals surface area contributed by atoms with Gasteiger partial charge in [0.25, 0.3) is 0 Å². The van der Waals surface area contributed by atoms with Gasteiger partial charge in [-0.15, -0.1) is 10.2 Å². The third kappa shape index (κ3) is 4.66. The molecule has 2 unspecified atom stereocenters. The minimum absolute atomic E-state index is 0.145. The van der Waals surface area contributed by atoms with E-state index in [-0.39, 0.29) is 12.1 Å². The topological polar surface area (TPSA) is 47.0 Å². The molecule has 21 heavy (non-hydrogen) atoms. The molecule has 0 bridgehead atoms. The van der Waals surface area contributed by atoms with Gasteiger partial charge in [-0.05, 0) is 45.0 Å². The van der Waals surface area contributed by atoms with Gasteiger partial charge in [0.1, 0.15) is 16.9 Å². The Bertz CT molecular complexity index is 576. The number of ether oxygens (including phenoxy) is 1. The summed E-state index contributed by atoms with van der Waals surface area (Å²) in [6.45, 7) is 7.19. The lowest BCUT2D eigenvalue weighted by Gasteiger charge is -2.12. The van der Waals surface area contributed by atoms with Crippen molar-refractivity contribution in [3.8, 4) is 5.75 Å². The highest BCUT2D eigenvalue weighted by molar-refractivity contribution is 7.11. The second-order valence-corrected chi connectivity index (χ2v) is 6.35. The highest BCUT2D eigenvalue weighted by Gasteiger charge is 2.16. The molecule has 1 N–H and O–H groups in total. The molecule has 1 heterocycles. The SMILES string of the molecule is CCCNC(C)c1nnc(C(C)Oc2cccc(Cl)c2)s1.